The van der Waals surface area contributed by atoms with Gasteiger partial charge in [-0.1, -0.05) is 26.0 Å². The number of aryl methyl sites for hydroxylation is 1. The Labute approximate surface area is 247 Å². The van der Waals surface area contributed by atoms with Crippen LogP contribution >= 0.6 is 0 Å². The first-order chi connectivity index (χ1) is 20.3. The Morgan fingerprint density at radius 2 is 1.86 bits per heavy atom. The third-order valence-electron chi connectivity index (χ3n) is 7.27. The molecule has 1 aliphatic heterocycles. The molecule has 0 bridgehead atoms. The Kier molecular flexibility index (Phi) is 8.72. The molecule has 3 N–H and O–H groups in total. The average molecular weight is 589 g/mol. The summed E-state index contributed by atoms with van der Waals surface area (Å²) < 4.78 is 21.1. The van der Waals surface area contributed by atoms with Crippen LogP contribution in [0.1, 0.15) is 62.0 Å². The lowest BCUT2D eigenvalue weighted by Crippen LogP contribution is -2.42. The lowest BCUT2D eigenvalue weighted by molar-refractivity contribution is -0.128. The van der Waals surface area contributed by atoms with E-state index in [1.165, 1.54) is 22.9 Å². The molecule has 1 aromatic carbocycles. The highest BCUT2D eigenvalue weighted by Gasteiger charge is 2.33. The van der Waals surface area contributed by atoms with Crippen LogP contribution in [0, 0.1) is 39.3 Å². The van der Waals surface area contributed by atoms with Gasteiger partial charge in [0, 0.05) is 50.7 Å². The van der Waals surface area contributed by atoms with Gasteiger partial charge in [-0.3, -0.25) is 19.4 Å². The zero-order valence-electron chi connectivity index (χ0n) is 24.5. The van der Waals surface area contributed by atoms with Crippen molar-refractivity contribution in [3.05, 3.63) is 63.3 Å². The van der Waals surface area contributed by atoms with E-state index in [2.05, 4.69) is 27.8 Å². The van der Waals surface area contributed by atoms with Crippen LogP contribution in [0.15, 0.2) is 35.3 Å². The van der Waals surface area contributed by atoms with Gasteiger partial charge in [0.25, 0.3) is 17.4 Å². The fourth-order valence-electron chi connectivity index (χ4n) is 4.68. The molecule has 3 heterocycles. The minimum atomic E-state index is -1.05. The Bertz CT molecular complexity index is 1720. The molecule has 0 saturated carbocycles. The van der Waals surface area contributed by atoms with Gasteiger partial charge in [0.05, 0.1) is 17.6 Å². The van der Waals surface area contributed by atoms with E-state index in [9.17, 15) is 29.1 Å². The molecule has 12 heteroatoms. The number of aromatic nitrogens is 2. The molecule has 11 nitrogen and oxygen atoms in total. The van der Waals surface area contributed by atoms with Crippen LogP contribution in [0.3, 0.4) is 0 Å². The molecule has 224 valence electrons. The van der Waals surface area contributed by atoms with Crippen LogP contribution in [-0.2, 0) is 17.8 Å². The second-order valence-electron chi connectivity index (χ2n) is 12.1. The first-order valence-electron chi connectivity index (χ1n) is 13.8. The molecule has 0 saturated heterocycles. The van der Waals surface area contributed by atoms with Crippen LogP contribution in [-0.4, -0.2) is 45.7 Å². The molecule has 0 radical (unpaired) electrons. The Morgan fingerprint density at radius 1 is 1.16 bits per heavy atom. The van der Waals surface area contributed by atoms with E-state index in [0.717, 1.165) is 0 Å². The van der Waals surface area contributed by atoms with Gasteiger partial charge < -0.3 is 25.0 Å². The molecule has 1 atom stereocenters. The van der Waals surface area contributed by atoms with Gasteiger partial charge in [0.1, 0.15) is 22.4 Å². The van der Waals surface area contributed by atoms with Gasteiger partial charge in [0.2, 0.25) is 0 Å². The largest absolute Gasteiger partial charge is 0.505 e. The Hall–Kier alpha value is -4.97. The number of benzene rings is 1. The SMILES string of the molecule is CC(C)(C#N)CNC(=O)c1c(O)c2ncc(Cc3ccc(F)cc3)c3c2n(c1=O)CC[C@@H](C(=O)NCC(C)(C)CC#N)O3. The number of nitriles is 2. The average Bonchev–Trinajstić information content (AvgIpc) is 3.17. The summed E-state index contributed by atoms with van der Waals surface area (Å²) in [6.07, 6.45) is 0.861. The number of nitrogens with one attached hydrogen (secondary N) is 2. The van der Waals surface area contributed by atoms with Crippen molar-refractivity contribution in [2.24, 2.45) is 10.8 Å². The van der Waals surface area contributed by atoms with E-state index in [0.29, 0.717) is 11.1 Å². The van der Waals surface area contributed by atoms with Gasteiger partial charge in [-0.05, 0) is 37.0 Å². The number of hydrogen-bond donors (Lipinski definition) is 3. The van der Waals surface area contributed by atoms with Gasteiger partial charge in [-0.2, -0.15) is 10.5 Å². The van der Waals surface area contributed by atoms with Crippen LogP contribution in [0.2, 0.25) is 0 Å². The van der Waals surface area contributed by atoms with Crippen molar-refractivity contribution in [3.63, 3.8) is 0 Å². The van der Waals surface area contributed by atoms with Crippen molar-refractivity contribution < 1.29 is 23.8 Å². The molecule has 2 aromatic heterocycles. The summed E-state index contributed by atoms with van der Waals surface area (Å²) >= 11 is 0. The first-order valence-corrected chi connectivity index (χ1v) is 13.8. The highest BCUT2D eigenvalue weighted by atomic mass is 19.1. The molecule has 4 rings (SSSR count). The number of ether oxygens (including phenoxy) is 1. The van der Waals surface area contributed by atoms with Gasteiger partial charge >= 0.3 is 0 Å². The standard InChI is InChI=1S/C31H33FN6O5/c1-30(2,10-11-33)16-36-27(40)21-9-12-38-24-23(25(39)22(29(38)42)28(41)37-17-31(3,4)15-34)35-14-19(26(24)43-21)13-18-5-7-20(32)8-6-18/h5-8,14,21,39H,9-10,12-13,16-17H2,1-4H3,(H,36,40)(H,37,41)/t21-/m0/s1. The fraction of sp³-hybridized carbons (Fsp3) is 0.419. The highest BCUT2D eigenvalue weighted by Crippen LogP contribution is 2.37. The normalized spacial score (nSPS) is 14.6. The van der Waals surface area contributed by atoms with Crippen LogP contribution in [0.25, 0.3) is 11.0 Å². The van der Waals surface area contributed by atoms with E-state index < -0.39 is 51.4 Å². The molecule has 0 fully saturated rings. The van der Waals surface area contributed by atoms with Crippen LogP contribution < -0.4 is 20.9 Å². The van der Waals surface area contributed by atoms with Crippen molar-refractivity contribution in [1.29, 1.82) is 10.5 Å². The molecular formula is C31H33FN6O5. The molecule has 0 spiro atoms. The predicted octanol–water partition coefficient (Wildman–Crippen LogP) is 3.32. The zero-order chi connectivity index (χ0) is 31.5. The summed E-state index contributed by atoms with van der Waals surface area (Å²) in [6.45, 7) is 7.05. The maximum absolute atomic E-state index is 13.7. The van der Waals surface area contributed by atoms with Crippen molar-refractivity contribution in [3.8, 4) is 23.6 Å². The molecule has 3 aromatic rings. The predicted molar refractivity (Wildman–Crippen MR) is 155 cm³/mol. The molecule has 2 amide bonds. The number of halogens is 1. The van der Waals surface area contributed by atoms with Gasteiger partial charge in [-0.15, -0.1) is 0 Å². The maximum atomic E-state index is 13.7. The number of amides is 2. The lowest BCUT2D eigenvalue weighted by atomic mass is 9.90. The second-order valence-corrected chi connectivity index (χ2v) is 12.1. The van der Waals surface area contributed by atoms with Crippen LogP contribution in [0.5, 0.6) is 11.5 Å². The monoisotopic (exact) mass is 588 g/mol. The maximum Gasteiger partial charge on any atom is 0.267 e. The zero-order valence-corrected chi connectivity index (χ0v) is 24.5. The fourth-order valence-corrected chi connectivity index (χ4v) is 4.68. The second kappa shape index (κ2) is 12.1. The van der Waals surface area contributed by atoms with E-state index >= 15 is 0 Å². The van der Waals surface area contributed by atoms with Crippen molar-refractivity contribution >= 4 is 22.8 Å². The molecule has 1 aliphatic rings. The summed E-state index contributed by atoms with van der Waals surface area (Å²) in [5.74, 6) is -2.25. The summed E-state index contributed by atoms with van der Waals surface area (Å²) in [4.78, 5) is 44.6. The minimum absolute atomic E-state index is 0.0338. The molecule has 0 aliphatic carbocycles. The third-order valence-corrected chi connectivity index (χ3v) is 7.27. The van der Waals surface area contributed by atoms with Crippen molar-refractivity contribution in [2.45, 2.75) is 59.6 Å². The number of carbonyl (C=O) groups is 2. The van der Waals surface area contributed by atoms with Gasteiger partial charge in [0.15, 0.2) is 17.6 Å². The number of carbonyl (C=O) groups excluding carboxylic acids is 2. The minimum Gasteiger partial charge on any atom is -0.505 e. The molecule has 0 unspecified atom stereocenters. The first kappa shape index (κ1) is 31.0. The smallest absolute Gasteiger partial charge is 0.267 e. The summed E-state index contributed by atoms with van der Waals surface area (Å²) in [5.41, 5.74) is -1.51. The van der Waals surface area contributed by atoms with Crippen molar-refractivity contribution in [1.82, 2.24) is 20.2 Å². The lowest BCUT2D eigenvalue weighted by Gasteiger charge is -2.24. The summed E-state index contributed by atoms with van der Waals surface area (Å²) in [7, 11) is 0. The summed E-state index contributed by atoms with van der Waals surface area (Å²) in [5, 5.41) is 34.9. The number of nitrogens with zero attached hydrogens (tertiary/aromatic N) is 4. The quantitative estimate of drug-likeness (QED) is 0.342. The van der Waals surface area contributed by atoms with Gasteiger partial charge in [-0.25, -0.2) is 4.39 Å². The van der Waals surface area contributed by atoms with E-state index in [-0.39, 0.29) is 55.7 Å². The van der Waals surface area contributed by atoms with E-state index in [1.807, 2.05) is 13.8 Å². The highest BCUT2D eigenvalue weighted by molar-refractivity contribution is 6.02. The Morgan fingerprint density at radius 3 is 2.51 bits per heavy atom. The van der Waals surface area contributed by atoms with Crippen LogP contribution in [0.4, 0.5) is 4.39 Å². The molecular weight excluding hydrogens is 555 g/mol. The topological polar surface area (TPSA) is 170 Å². The summed E-state index contributed by atoms with van der Waals surface area (Å²) in [6, 6.07) is 9.96. The van der Waals surface area contributed by atoms with E-state index in [1.54, 1.807) is 26.0 Å². The number of hydrogen-bond acceptors (Lipinski definition) is 8. The molecule has 43 heavy (non-hydrogen) atoms. The number of aromatic hydroxyl groups is 1. The van der Waals surface area contributed by atoms with E-state index in [4.69, 9.17) is 10.00 Å². The third kappa shape index (κ3) is 6.75. The number of rotatable bonds is 9. The number of pyridine rings is 2. The van der Waals surface area contributed by atoms with Crippen molar-refractivity contribution in [2.75, 3.05) is 13.1 Å². The Balaban J connectivity index is 1.80.